The summed E-state index contributed by atoms with van der Waals surface area (Å²) in [6, 6.07) is 17.0. The van der Waals surface area contributed by atoms with Crippen molar-refractivity contribution in [2.24, 2.45) is 0 Å². The first-order valence-electron chi connectivity index (χ1n) is 10.3. The number of hydrogen-bond acceptors (Lipinski definition) is 6. The molecular formula is C24H24N4OS2. The van der Waals surface area contributed by atoms with Crippen molar-refractivity contribution in [3.05, 3.63) is 65.0 Å². The van der Waals surface area contributed by atoms with Gasteiger partial charge in [-0.3, -0.25) is 4.79 Å². The zero-order chi connectivity index (χ0) is 21.4. The van der Waals surface area contributed by atoms with Gasteiger partial charge in [0.05, 0.1) is 0 Å². The van der Waals surface area contributed by atoms with Gasteiger partial charge in [-0.05, 0) is 50.8 Å². The molecule has 5 rings (SSSR count). The van der Waals surface area contributed by atoms with E-state index < -0.39 is 0 Å². The number of nitrogens with one attached hydrogen (secondary N) is 1. The number of carbonyl (C=O) groups is 1. The van der Waals surface area contributed by atoms with E-state index in [-0.39, 0.29) is 5.91 Å². The van der Waals surface area contributed by atoms with Gasteiger partial charge in [0.1, 0.15) is 10.7 Å². The van der Waals surface area contributed by atoms with Crippen LogP contribution in [-0.4, -0.2) is 49.0 Å². The maximum absolute atomic E-state index is 12.7. The quantitative estimate of drug-likeness (QED) is 0.443. The lowest BCUT2D eigenvalue weighted by molar-refractivity contribution is 0.102. The van der Waals surface area contributed by atoms with Gasteiger partial charge in [-0.25, -0.2) is 4.98 Å². The number of anilines is 2. The van der Waals surface area contributed by atoms with E-state index in [0.717, 1.165) is 29.3 Å². The van der Waals surface area contributed by atoms with E-state index in [0.29, 0.717) is 11.7 Å². The minimum absolute atomic E-state index is 0.177. The average molecular weight is 449 g/mol. The van der Waals surface area contributed by atoms with Crippen LogP contribution in [0.2, 0.25) is 0 Å². The number of thiophene rings is 1. The van der Waals surface area contributed by atoms with Crippen LogP contribution in [0.3, 0.4) is 0 Å². The summed E-state index contributed by atoms with van der Waals surface area (Å²) in [4.78, 5) is 22.0. The third-order valence-electron chi connectivity index (χ3n) is 5.83. The Labute approximate surface area is 190 Å². The van der Waals surface area contributed by atoms with Crippen molar-refractivity contribution in [2.75, 3.05) is 37.4 Å². The number of likely N-dealkylation sites (N-methyl/N-ethyl adjacent to an activating group) is 1. The zero-order valence-electron chi connectivity index (χ0n) is 17.5. The van der Waals surface area contributed by atoms with E-state index in [1.807, 2.05) is 29.6 Å². The van der Waals surface area contributed by atoms with Gasteiger partial charge in [0.15, 0.2) is 0 Å². The first-order valence-corrected chi connectivity index (χ1v) is 12.1. The van der Waals surface area contributed by atoms with Gasteiger partial charge in [0.2, 0.25) is 0 Å². The molecule has 2 aromatic carbocycles. The lowest BCUT2D eigenvalue weighted by atomic mass is 10.2. The highest BCUT2D eigenvalue weighted by atomic mass is 32.1. The average Bonchev–Trinajstić information content (AvgIpc) is 3.52. The first-order chi connectivity index (χ1) is 15.1. The summed E-state index contributed by atoms with van der Waals surface area (Å²) in [6.45, 7) is 2.10. The zero-order valence-corrected chi connectivity index (χ0v) is 19.2. The first kappa shape index (κ1) is 20.2. The maximum atomic E-state index is 12.7. The second-order valence-corrected chi connectivity index (χ2v) is 9.81. The Morgan fingerprint density at radius 3 is 2.68 bits per heavy atom. The standard InChI is InChI=1S/C24H24N4OS2/c1-27(2)18-11-12-28(13-18)17-9-7-16(8-10-17)25-23(29)21-15-31-24(26-21)20-14-30-22-6-4-3-5-19(20)22/h3-10,14-15,18H,11-13H2,1-2H3,(H,25,29). The van der Waals surface area contributed by atoms with Crippen molar-refractivity contribution >= 4 is 50.0 Å². The van der Waals surface area contributed by atoms with Crippen LogP contribution in [0.1, 0.15) is 16.9 Å². The van der Waals surface area contributed by atoms with Crippen LogP contribution in [0.15, 0.2) is 59.3 Å². The molecule has 0 bridgehead atoms. The van der Waals surface area contributed by atoms with Crippen molar-refractivity contribution in [1.82, 2.24) is 9.88 Å². The number of amides is 1. The van der Waals surface area contributed by atoms with Crippen molar-refractivity contribution in [2.45, 2.75) is 12.5 Å². The Balaban J connectivity index is 1.27. The van der Waals surface area contributed by atoms with Crippen LogP contribution in [-0.2, 0) is 0 Å². The fourth-order valence-corrected chi connectivity index (χ4v) is 5.84. The molecule has 1 aliphatic rings. The van der Waals surface area contributed by atoms with Crippen LogP contribution in [0.4, 0.5) is 11.4 Å². The second kappa shape index (κ2) is 8.42. The Hall–Kier alpha value is -2.74. The Morgan fingerprint density at radius 1 is 1.10 bits per heavy atom. The summed E-state index contributed by atoms with van der Waals surface area (Å²) in [5.41, 5.74) is 3.53. The molecule has 31 heavy (non-hydrogen) atoms. The fraction of sp³-hybridized carbons (Fsp3) is 0.250. The minimum Gasteiger partial charge on any atom is -0.370 e. The normalized spacial score (nSPS) is 16.4. The Morgan fingerprint density at radius 2 is 1.90 bits per heavy atom. The van der Waals surface area contributed by atoms with E-state index in [4.69, 9.17) is 0 Å². The lowest BCUT2D eigenvalue weighted by Gasteiger charge is -2.22. The highest BCUT2D eigenvalue weighted by Crippen LogP contribution is 2.35. The third kappa shape index (κ3) is 4.08. The number of hydrogen-bond donors (Lipinski definition) is 1. The summed E-state index contributed by atoms with van der Waals surface area (Å²) in [6.07, 6.45) is 1.18. The number of benzene rings is 2. The predicted molar refractivity (Wildman–Crippen MR) is 132 cm³/mol. The van der Waals surface area contributed by atoms with Crippen molar-refractivity contribution < 1.29 is 4.79 Å². The number of rotatable bonds is 5. The summed E-state index contributed by atoms with van der Waals surface area (Å²) in [5, 5.41) is 8.98. The SMILES string of the molecule is CN(C)C1CCN(c2ccc(NC(=O)c3csc(-c4csc5ccccc45)n3)cc2)C1. The van der Waals surface area contributed by atoms with Crippen LogP contribution < -0.4 is 10.2 Å². The van der Waals surface area contributed by atoms with Gasteiger partial charge < -0.3 is 15.1 Å². The van der Waals surface area contributed by atoms with Crippen molar-refractivity contribution in [3.8, 4) is 10.6 Å². The maximum Gasteiger partial charge on any atom is 0.275 e. The molecule has 1 amide bonds. The molecule has 7 heteroatoms. The molecular weight excluding hydrogens is 424 g/mol. The molecule has 1 saturated heterocycles. The number of fused-ring (bicyclic) bond motifs is 1. The van der Waals surface area contributed by atoms with E-state index in [1.54, 1.807) is 11.3 Å². The molecule has 1 aliphatic heterocycles. The molecule has 1 atom stereocenters. The molecule has 0 saturated carbocycles. The molecule has 0 aliphatic carbocycles. The summed E-state index contributed by atoms with van der Waals surface area (Å²) < 4.78 is 1.23. The van der Waals surface area contributed by atoms with Gasteiger partial charge in [0, 0.05) is 56.9 Å². The Kier molecular flexibility index (Phi) is 5.48. The Bertz CT molecular complexity index is 1210. The lowest BCUT2D eigenvalue weighted by Crippen LogP contribution is -2.31. The molecule has 4 aromatic rings. The van der Waals surface area contributed by atoms with E-state index in [9.17, 15) is 4.79 Å². The highest BCUT2D eigenvalue weighted by molar-refractivity contribution is 7.19. The molecule has 2 aromatic heterocycles. The predicted octanol–water partition coefficient (Wildman–Crippen LogP) is 5.42. The second-order valence-electron chi connectivity index (χ2n) is 8.04. The molecule has 0 spiro atoms. The largest absolute Gasteiger partial charge is 0.370 e. The molecule has 1 N–H and O–H groups in total. The highest BCUT2D eigenvalue weighted by Gasteiger charge is 2.24. The van der Waals surface area contributed by atoms with Crippen LogP contribution in [0, 0.1) is 0 Å². The number of carbonyl (C=O) groups excluding carboxylic acids is 1. The molecule has 3 heterocycles. The molecule has 158 valence electrons. The topological polar surface area (TPSA) is 48.5 Å². The van der Waals surface area contributed by atoms with E-state index in [2.05, 4.69) is 63.8 Å². The number of nitrogens with zero attached hydrogens (tertiary/aromatic N) is 3. The number of aromatic nitrogens is 1. The third-order valence-corrected chi connectivity index (χ3v) is 7.67. The monoisotopic (exact) mass is 448 g/mol. The van der Waals surface area contributed by atoms with Crippen LogP contribution in [0.25, 0.3) is 20.7 Å². The summed E-state index contributed by atoms with van der Waals surface area (Å²) >= 11 is 3.21. The van der Waals surface area contributed by atoms with Crippen LogP contribution in [0.5, 0.6) is 0 Å². The van der Waals surface area contributed by atoms with Crippen LogP contribution >= 0.6 is 22.7 Å². The van der Waals surface area contributed by atoms with Gasteiger partial charge in [-0.15, -0.1) is 22.7 Å². The molecule has 5 nitrogen and oxygen atoms in total. The molecule has 1 unspecified atom stereocenters. The summed E-state index contributed by atoms with van der Waals surface area (Å²) in [7, 11) is 4.27. The number of thiazole rings is 1. The summed E-state index contributed by atoms with van der Waals surface area (Å²) in [5.74, 6) is -0.177. The van der Waals surface area contributed by atoms with Gasteiger partial charge in [-0.2, -0.15) is 0 Å². The van der Waals surface area contributed by atoms with Gasteiger partial charge in [-0.1, -0.05) is 18.2 Å². The minimum atomic E-state index is -0.177. The van der Waals surface area contributed by atoms with Crippen molar-refractivity contribution in [1.29, 1.82) is 0 Å². The van der Waals surface area contributed by atoms with Gasteiger partial charge >= 0.3 is 0 Å². The smallest absolute Gasteiger partial charge is 0.275 e. The molecule has 0 radical (unpaired) electrons. The van der Waals surface area contributed by atoms with Crippen molar-refractivity contribution in [3.63, 3.8) is 0 Å². The molecule has 1 fully saturated rings. The van der Waals surface area contributed by atoms with E-state index in [1.165, 1.54) is 33.5 Å². The fourth-order valence-electron chi connectivity index (χ4n) is 3.99. The van der Waals surface area contributed by atoms with E-state index >= 15 is 0 Å². The van der Waals surface area contributed by atoms with Gasteiger partial charge in [0.25, 0.3) is 5.91 Å².